The summed E-state index contributed by atoms with van der Waals surface area (Å²) in [5.74, 6) is 0. The molecule has 0 unspecified atom stereocenters. The first-order chi connectivity index (χ1) is 8.48. The van der Waals surface area contributed by atoms with Gasteiger partial charge in [0.15, 0.2) is 5.13 Å². The van der Waals surface area contributed by atoms with Crippen LogP contribution >= 0.6 is 23.7 Å². The van der Waals surface area contributed by atoms with E-state index < -0.39 is 0 Å². The van der Waals surface area contributed by atoms with Crippen LogP contribution in [0.4, 0.5) is 5.13 Å². The van der Waals surface area contributed by atoms with Crippen LogP contribution in [0, 0.1) is 0 Å². The summed E-state index contributed by atoms with van der Waals surface area (Å²) in [5, 5.41) is 1.18. The molecule has 2 rings (SSSR count). The highest BCUT2D eigenvalue weighted by Crippen LogP contribution is 2.24. The number of piperazine rings is 1. The van der Waals surface area contributed by atoms with Crippen molar-refractivity contribution in [3.05, 3.63) is 11.1 Å². The minimum atomic E-state index is -0.0985. The Balaban J connectivity index is 0.00000180. The zero-order valence-electron chi connectivity index (χ0n) is 12.1. The predicted octanol–water partition coefficient (Wildman–Crippen LogP) is 1.99. The lowest BCUT2D eigenvalue weighted by molar-refractivity contribution is 0.214. The molecule has 0 aromatic carbocycles. The molecule has 19 heavy (non-hydrogen) atoms. The van der Waals surface area contributed by atoms with Crippen molar-refractivity contribution in [3.8, 4) is 0 Å². The van der Waals surface area contributed by atoms with Gasteiger partial charge in [-0.1, -0.05) is 6.92 Å². The molecule has 1 fully saturated rings. The molecule has 0 atom stereocenters. The molecule has 4 nitrogen and oxygen atoms in total. The van der Waals surface area contributed by atoms with Crippen LogP contribution in [0.3, 0.4) is 0 Å². The van der Waals surface area contributed by atoms with Crippen molar-refractivity contribution in [2.75, 3.05) is 37.6 Å². The Bertz CT molecular complexity index is 380. The van der Waals surface area contributed by atoms with Gasteiger partial charge in [0.05, 0.1) is 0 Å². The molecule has 0 radical (unpaired) electrons. The first-order valence-electron chi connectivity index (χ1n) is 6.69. The van der Waals surface area contributed by atoms with Gasteiger partial charge in [-0.15, -0.1) is 23.7 Å². The van der Waals surface area contributed by atoms with E-state index in [2.05, 4.69) is 35.6 Å². The first kappa shape index (κ1) is 16.7. The lowest BCUT2D eigenvalue weighted by Gasteiger charge is -2.37. The molecule has 1 aromatic rings. The predicted molar refractivity (Wildman–Crippen MR) is 85.7 cm³/mol. The second-order valence-electron chi connectivity index (χ2n) is 5.71. The number of anilines is 1. The lowest BCUT2D eigenvalue weighted by Crippen LogP contribution is -2.53. The fourth-order valence-electron chi connectivity index (χ4n) is 2.28. The molecule has 0 spiro atoms. The third-order valence-electron chi connectivity index (χ3n) is 3.16. The van der Waals surface area contributed by atoms with Gasteiger partial charge in [0, 0.05) is 49.3 Å². The second kappa shape index (κ2) is 6.88. The maximum atomic E-state index is 6.07. The number of nitrogens with zero attached hydrogens (tertiary/aromatic N) is 3. The van der Waals surface area contributed by atoms with Crippen LogP contribution in [0.1, 0.15) is 25.6 Å². The van der Waals surface area contributed by atoms with Crippen molar-refractivity contribution in [1.29, 1.82) is 0 Å². The van der Waals surface area contributed by atoms with Crippen molar-refractivity contribution < 1.29 is 0 Å². The molecular formula is C13H25ClN4S. The van der Waals surface area contributed by atoms with E-state index in [-0.39, 0.29) is 17.9 Å². The van der Waals surface area contributed by atoms with E-state index in [1.807, 2.05) is 17.5 Å². The fourth-order valence-corrected chi connectivity index (χ4v) is 3.18. The normalized spacial score (nSPS) is 17.4. The summed E-state index contributed by atoms with van der Waals surface area (Å²) in [6.07, 6.45) is 3.09. The number of aryl methyl sites for hydroxylation is 1. The van der Waals surface area contributed by atoms with Gasteiger partial charge in [-0.2, -0.15) is 0 Å². The summed E-state index contributed by atoms with van der Waals surface area (Å²) in [6.45, 7) is 11.6. The highest BCUT2D eigenvalue weighted by molar-refractivity contribution is 7.15. The van der Waals surface area contributed by atoms with Gasteiger partial charge in [0.25, 0.3) is 0 Å². The molecule has 1 saturated heterocycles. The van der Waals surface area contributed by atoms with Crippen LogP contribution < -0.4 is 10.6 Å². The molecule has 1 aliphatic rings. The van der Waals surface area contributed by atoms with Gasteiger partial charge in [0.2, 0.25) is 0 Å². The fraction of sp³-hybridized carbons (Fsp3) is 0.769. The van der Waals surface area contributed by atoms with Gasteiger partial charge in [-0.25, -0.2) is 4.98 Å². The molecule has 6 heteroatoms. The van der Waals surface area contributed by atoms with Crippen molar-refractivity contribution in [2.45, 2.75) is 32.7 Å². The highest BCUT2D eigenvalue weighted by Gasteiger charge is 2.23. The van der Waals surface area contributed by atoms with Crippen LogP contribution in [-0.2, 0) is 6.42 Å². The van der Waals surface area contributed by atoms with E-state index in [9.17, 15) is 0 Å². The van der Waals surface area contributed by atoms with Crippen LogP contribution in [0.15, 0.2) is 6.20 Å². The largest absolute Gasteiger partial charge is 0.346 e. The monoisotopic (exact) mass is 304 g/mol. The van der Waals surface area contributed by atoms with E-state index in [4.69, 9.17) is 5.73 Å². The molecule has 1 aliphatic heterocycles. The minimum Gasteiger partial charge on any atom is -0.346 e. The standard InChI is InChI=1S/C13H24N4S.ClH/c1-4-11-9-15-12(18-11)17-7-5-16(6-8-17)10-13(2,3)14;/h9H,4-8,10,14H2,1-3H3;1H. The molecule has 2 N–H and O–H groups in total. The molecule has 1 aromatic heterocycles. The maximum Gasteiger partial charge on any atom is 0.185 e. The Morgan fingerprint density at radius 3 is 2.42 bits per heavy atom. The number of thiazole rings is 1. The molecule has 0 bridgehead atoms. The highest BCUT2D eigenvalue weighted by atomic mass is 35.5. The number of hydrogen-bond donors (Lipinski definition) is 1. The van der Waals surface area contributed by atoms with Crippen molar-refractivity contribution >= 4 is 28.9 Å². The van der Waals surface area contributed by atoms with Crippen molar-refractivity contribution in [1.82, 2.24) is 9.88 Å². The van der Waals surface area contributed by atoms with Crippen molar-refractivity contribution in [3.63, 3.8) is 0 Å². The van der Waals surface area contributed by atoms with Crippen LogP contribution in [0.5, 0.6) is 0 Å². The van der Waals surface area contributed by atoms with E-state index in [0.717, 1.165) is 39.1 Å². The third-order valence-corrected chi connectivity index (χ3v) is 4.37. The first-order valence-corrected chi connectivity index (χ1v) is 7.50. The molecule has 0 aliphatic carbocycles. The Labute approximate surface area is 126 Å². The second-order valence-corrected chi connectivity index (χ2v) is 6.81. The van der Waals surface area contributed by atoms with Crippen LogP contribution in [0.2, 0.25) is 0 Å². The average molecular weight is 305 g/mol. The summed E-state index contributed by atoms with van der Waals surface area (Å²) >= 11 is 1.83. The van der Waals surface area contributed by atoms with Gasteiger partial charge >= 0.3 is 0 Å². The van der Waals surface area contributed by atoms with Gasteiger partial charge in [-0.05, 0) is 20.3 Å². The van der Waals surface area contributed by atoms with E-state index >= 15 is 0 Å². The van der Waals surface area contributed by atoms with E-state index in [1.165, 1.54) is 10.0 Å². The number of aromatic nitrogens is 1. The maximum absolute atomic E-state index is 6.07. The van der Waals surface area contributed by atoms with E-state index in [0.29, 0.717) is 0 Å². The SMILES string of the molecule is CCc1cnc(N2CCN(CC(C)(C)N)CC2)s1.Cl. The van der Waals surface area contributed by atoms with Crippen molar-refractivity contribution in [2.24, 2.45) is 5.73 Å². The van der Waals surface area contributed by atoms with E-state index in [1.54, 1.807) is 0 Å². The number of hydrogen-bond acceptors (Lipinski definition) is 5. The summed E-state index contributed by atoms with van der Waals surface area (Å²) in [5.41, 5.74) is 5.97. The number of nitrogens with two attached hydrogens (primary N) is 1. The van der Waals surface area contributed by atoms with Crippen LogP contribution in [-0.4, -0.2) is 48.1 Å². The quantitative estimate of drug-likeness (QED) is 0.924. The molecule has 110 valence electrons. The summed E-state index contributed by atoms with van der Waals surface area (Å²) in [4.78, 5) is 10.7. The average Bonchev–Trinajstić information content (AvgIpc) is 2.76. The van der Waals surface area contributed by atoms with Gasteiger partial charge in [-0.3, -0.25) is 4.90 Å². The third kappa shape index (κ3) is 4.91. The number of halogens is 1. The molecule has 0 saturated carbocycles. The zero-order valence-corrected chi connectivity index (χ0v) is 13.7. The topological polar surface area (TPSA) is 45.4 Å². The summed E-state index contributed by atoms with van der Waals surface area (Å²) in [6, 6.07) is 0. The Kier molecular flexibility index (Phi) is 6.05. The smallest absolute Gasteiger partial charge is 0.185 e. The van der Waals surface area contributed by atoms with Crippen LogP contribution in [0.25, 0.3) is 0 Å². The molecule has 2 heterocycles. The van der Waals surface area contributed by atoms with Gasteiger partial charge in [0.1, 0.15) is 0 Å². The summed E-state index contributed by atoms with van der Waals surface area (Å²) in [7, 11) is 0. The zero-order chi connectivity index (χ0) is 13.2. The Hall–Kier alpha value is -0.360. The Morgan fingerprint density at radius 1 is 1.32 bits per heavy atom. The summed E-state index contributed by atoms with van der Waals surface area (Å²) < 4.78 is 0. The minimum absolute atomic E-state index is 0. The Morgan fingerprint density at radius 2 is 1.95 bits per heavy atom. The molecular weight excluding hydrogens is 280 g/mol. The van der Waals surface area contributed by atoms with Gasteiger partial charge < -0.3 is 10.6 Å². The molecule has 0 amide bonds. The lowest BCUT2D eigenvalue weighted by atomic mass is 10.1. The number of rotatable bonds is 4.